The molecular weight excluding hydrogens is 386 g/mol. The first-order valence-corrected chi connectivity index (χ1v) is 10.9. The largest absolute Gasteiger partial charge is 0.492 e. The van der Waals surface area contributed by atoms with Crippen molar-refractivity contribution < 1.29 is 9.53 Å². The second-order valence-corrected chi connectivity index (χ2v) is 7.65. The molecule has 5 nitrogen and oxygen atoms in total. The molecule has 0 spiro atoms. The third kappa shape index (κ3) is 5.18. The number of carbonyl (C=O) groups excluding carboxylic acids is 1. The number of rotatable bonds is 8. The van der Waals surface area contributed by atoms with E-state index in [-0.39, 0.29) is 5.91 Å². The van der Waals surface area contributed by atoms with Gasteiger partial charge in [0.25, 0.3) is 5.91 Å². The van der Waals surface area contributed by atoms with Gasteiger partial charge in [-0.05, 0) is 61.7 Å². The molecule has 1 aliphatic rings. The molecule has 5 heteroatoms. The lowest BCUT2D eigenvalue weighted by Crippen LogP contribution is -2.27. The Morgan fingerprint density at radius 1 is 0.935 bits per heavy atom. The van der Waals surface area contributed by atoms with Crippen molar-refractivity contribution >= 4 is 23.0 Å². The highest BCUT2D eigenvalue weighted by molar-refractivity contribution is 5.98. The minimum Gasteiger partial charge on any atom is -0.492 e. The summed E-state index contributed by atoms with van der Waals surface area (Å²) in [7, 11) is 0. The van der Waals surface area contributed by atoms with Gasteiger partial charge < -0.3 is 20.3 Å². The summed E-state index contributed by atoms with van der Waals surface area (Å²) in [6, 6.07) is 25.1. The molecule has 1 unspecified atom stereocenters. The van der Waals surface area contributed by atoms with Crippen LogP contribution in [0.3, 0.4) is 0 Å². The van der Waals surface area contributed by atoms with Crippen molar-refractivity contribution in [2.45, 2.75) is 25.8 Å². The maximum Gasteiger partial charge on any atom is 0.251 e. The SMILES string of the molecule is CCOc1ccccc1NC(=O)C(Nc1ccc(N2CCCC2)cc1)c1ccccc1. The smallest absolute Gasteiger partial charge is 0.251 e. The van der Waals surface area contributed by atoms with E-state index < -0.39 is 6.04 Å². The number of amides is 1. The third-order valence-electron chi connectivity index (χ3n) is 5.49. The molecule has 1 amide bonds. The van der Waals surface area contributed by atoms with Crippen LogP contribution < -0.4 is 20.3 Å². The number of benzene rings is 3. The van der Waals surface area contributed by atoms with E-state index in [1.807, 2.05) is 73.7 Å². The highest BCUT2D eigenvalue weighted by atomic mass is 16.5. The van der Waals surface area contributed by atoms with Gasteiger partial charge in [0.1, 0.15) is 11.8 Å². The number of para-hydroxylation sites is 2. The Morgan fingerprint density at radius 3 is 2.32 bits per heavy atom. The van der Waals surface area contributed by atoms with Crippen LogP contribution >= 0.6 is 0 Å². The Hall–Kier alpha value is -3.47. The number of ether oxygens (including phenoxy) is 1. The molecule has 31 heavy (non-hydrogen) atoms. The first kappa shape index (κ1) is 20.8. The topological polar surface area (TPSA) is 53.6 Å². The van der Waals surface area contributed by atoms with E-state index in [9.17, 15) is 4.79 Å². The third-order valence-corrected chi connectivity index (χ3v) is 5.49. The lowest BCUT2D eigenvalue weighted by atomic mass is 10.1. The molecule has 3 aromatic carbocycles. The highest BCUT2D eigenvalue weighted by Crippen LogP contribution is 2.28. The van der Waals surface area contributed by atoms with Gasteiger partial charge in [0, 0.05) is 24.5 Å². The molecule has 0 saturated carbocycles. The van der Waals surface area contributed by atoms with Gasteiger partial charge in [-0.1, -0.05) is 42.5 Å². The van der Waals surface area contributed by atoms with Crippen molar-refractivity contribution in [1.29, 1.82) is 0 Å². The molecule has 1 atom stereocenters. The van der Waals surface area contributed by atoms with Crippen LogP contribution in [0, 0.1) is 0 Å². The fourth-order valence-electron chi connectivity index (χ4n) is 3.91. The zero-order valence-electron chi connectivity index (χ0n) is 17.9. The summed E-state index contributed by atoms with van der Waals surface area (Å²) in [6.45, 7) is 4.69. The van der Waals surface area contributed by atoms with Crippen LogP contribution in [-0.2, 0) is 4.79 Å². The molecule has 2 N–H and O–H groups in total. The van der Waals surface area contributed by atoms with Crippen LogP contribution in [0.15, 0.2) is 78.9 Å². The van der Waals surface area contributed by atoms with Gasteiger partial charge in [0.05, 0.1) is 12.3 Å². The molecule has 0 aliphatic carbocycles. The summed E-state index contributed by atoms with van der Waals surface area (Å²) in [6.07, 6.45) is 2.50. The Labute approximate surface area is 184 Å². The lowest BCUT2D eigenvalue weighted by molar-refractivity contribution is -0.117. The van der Waals surface area contributed by atoms with E-state index in [0.29, 0.717) is 18.0 Å². The highest BCUT2D eigenvalue weighted by Gasteiger charge is 2.22. The van der Waals surface area contributed by atoms with Gasteiger partial charge in [0.2, 0.25) is 0 Å². The number of anilines is 3. The molecule has 0 aromatic heterocycles. The molecule has 160 valence electrons. The quantitative estimate of drug-likeness (QED) is 0.512. The fraction of sp³-hybridized carbons (Fsp3) is 0.269. The number of hydrogen-bond acceptors (Lipinski definition) is 4. The van der Waals surface area contributed by atoms with Crippen molar-refractivity contribution in [3.05, 3.63) is 84.4 Å². The fourth-order valence-corrected chi connectivity index (χ4v) is 3.91. The zero-order valence-corrected chi connectivity index (χ0v) is 17.9. The summed E-state index contributed by atoms with van der Waals surface area (Å²) in [5.74, 6) is 0.530. The van der Waals surface area contributed by atoms with Gasteiger partial charge in [-0.3, -0.25) is 4.79 Å². The number of carbonyl (C=O) groups is 1. The Bertz CT molecular complexity index is 983. The first-order valence-electron chi connectivity index (χ1n) is 10.9. The van der Waals surface area contributed by atoms with Gasteiger partial charge in [-0.15, -0.1) is 0 Å². The summed E-state index contributed by atoms with van der Waals surface area (Å²) in [4.78, 5) is 15.7. The van der Waals surface area contributed by atoms with E-state index in [1.54, 1.807) is 0 Å². The normalized spacial score (nSPS) is 14.2. The monoisotopic (exact) mass is 415 g/mol. The maximum atomic E-state index is 13.3. The minimum atomic E-state index is -0.534. The van der Waals surface area contributed by atoms with Gasteiger partial charge in [-0.25, -0.2) is 0 Å². The average Bonchev–Trinajstić information content (AvgIpc) is 3.35. The zero-order chi connectivity index (χ0) is 21.5. The summed E-state index contributed by atoms with van der Waals surface area (Å²) in [5, 5.41) is 6.45. The van der Waals surface area contributed by atoms with E-state index in [0.717, 1.165) is 24.3 Å². The lowest BCUT2D eigenvalue weighted by Gasteiger charge is -2.22. The van der Waals surface area contributed by atoms with Gasteiger partial charge >= 0.3 is 0 Å². The predicted molar refractivity (Wildman–Crippen MR) is 127 cm³/mol. The van der Waals surface area contributed by atoms with E-state index in [2.05, 4.69) is 27.7 Å². The molecule has 1 fully saturated rings. The Balaban J connectivity index is 1.54. The van der Waals surface area contributed by atoms with Crippen molar-refractivity contribution in [2.75, 3.05) is 35.2 Å². The van der Waals surface area contributed by atoms with Crippen molar-refractivity contribution in [1.82, 2.24) is 0 Å². The molecule has 1 heterocycles. The summed E-state index contributed by atoms with van der Waals surface area (Å²) in [5.41, 5.74) is 3.71. The van der Waals surface area contributed by atoms with Crippen molar-refractivity contribution in [2.24, 2.45) is 0 Å². The van der Waals surface area contributed by atoms with Crippen LogP contribution in [0.25, 0.3) is 0 Å². The minimum absolute atomic E-state index is 0.137. The molecule has 0 bridgehead atoms. The molecule has 1 aliphatic heterocycles. The van der Waals surface area contributed by atoms with Crippen molar-refractivity contribution in [3.8, 4) is 5.75 Å². The number of nitrogens with one attached hydrogen (secondary N) is 2. The standard InChI is InChI=1S/C26H29N3O2/c1-2-31-24-13-7-6-12-23(24)28-26(30)25(20-10-4-3-5-11-20)27-21-14-16-22(17-15-21)29-18-8-9-19-29/h3-7,10-17,25,27H,2,8-9,18-19H2,1H3,(H,28,30). The van der Waals surface area contributed by atoms with E-state index >= 15 is 0 Å². The second kappa shape index (κ2) is 10.0. The van der Waals surface area contributed by atoms with E-state index in [4.69, 9.17) is 4.74 Å². The molecule has 0 radical (unpaired) electrons. The predicted octanol–water partition coefficient (Wildman–Crippen LogP) is 5.48. The Kier molecular flexibility index (Phi) is 6.72. The first-order chi connectivity index (χ1) is 15.2. The maximum absolute atomic E-state index is 13.3. The molecule has 4 rings (SSSR count). The van der Waals surface area contributed by atoms with Gasteiger partial charge in [-0.2, -0.15) is 0 Å². The van der Waals surface area contributed by atoms with Crippen LogP contribution in [-0.4, -0.2) is 25.6 Å². The second-order valence-electron chi connectivity index (χ2n) is 7.65. The number of hydrogen-bond donors (Lipinski definition) is 2. The van der Waals surface area contributed by atoms with Crippen LogP contribution in [0.4, 0.5) is 17.1 Å². The number of nitrogens with zero attached hydrogens (tertiary/aromatic N) is 1. The van der Waals surface area contributed by atoms with Crippen LogP contribution in [0.1, 0.15) is 31.4 Å². The summed E-state index contributed by atoms with van der Waals surface area (Å²) < 4.78 is 5.66. The van der Waals surface area contributed by atoms with Crippen LogP contribution in [0.5, 0.6) is 5.75 Å². The van der Waals surface area contributed by atoms with E-state index in [1.165, 1.54) is 18.5 Å². The molecule has 3 aromatic rings. The van der Waals surface area contributed by atoms with Crippen LogP contribution in [0.2, 0.25) is 0 Å². The summed E-state index contributed by atoms with van der Waals surface area (Å²) >= 11 is 0. The van der Waals surface area contributed by atoms with Crippen molar-refractivity contribution in [3.63, 3.8) is 0 Å². The van der Waals surface area contributed by atoms with Gasteiger partial charge in [0.15, 0.2) is 0 Å². The average molecular weight is 416 g/mol. The molecule has 1 saturated heterocycles. The Morgan fingerprint density at radius 2 is 1.61 bits per heavy atom. The molecular formula is C26H29N3O2.